The molecular weight excluding hydrogens is 254 g/mol. The number of unbranched alkanes of at least 4 members (excludes halogenated alkanes) is 2. The minimum Gasteiger partial charge on any atom is -0.326 e. The van der Waals surface area contributed by atoms with Crippen molar-refractivity contribution in [3.05, 3.63) is 29.8 Å². The molecule has 1 rings (SSSR count). The van der Waals surface area contributed by atoms with Crippen LogP contribution < -0.4 is 5.32 Å². The maximum absolute atomic E-state index is 11.7. The number of benzene rings is 1. The Balaban J connectivity index is 2.16. The fourth-order valence-electron chi connectivity index (χ4n) is 1.78. The molecule has 0 aliphatic heterocycles. The van der Waals surface area contributed by atoms with E-state index in [4.69, 9.17) is 0 Å². The zero-order valence-electron chi connectivity index (χ0n) is 12.1. The number of anilines is 1. The molecule has 1 amide bonds. The third kappa shape index (κ3) is 6.27. The van der Waals surface area contributed by atoms with Crippen LogP contribution in [-0.4, -0.2) is 17.5 Å². The van der Waals surface area contributed by atoms with Crippen molar-refractivity contribution in [3.8, 4) is 0 Å². The Morgan fingerprint density at radius 3 is 2.15 bits per heavy atom. The van der Waals surface area contributed by atoms with Gasteiger partial charge in [0.1, 0.15) is 0 Å². The van der Waals surface area contributed by atoms with Gasteiger partial charge in [-0.05, 0) is 31.9 Å². The lowest BCUT2D eigenvalue weighted by Gasteiger charge is -2.05. The SMILES string of the molecule is CC(=O)C(=O)CCCCCC(=O)Nc1ccc(C)cc1. The second-order valence-corrected chi connectivity index (χ2v) is 4.95. The third-order valence-electron chi connectivity index (χ3n) is 3.04. The summed E-state index contributed by atoms with van der Waals surface area (Å²) in [6.45, 7) is 3.28. The number of amides is 1. The summed E-state index contributed by atoms with van der Waals surface area (Å²) in [6.07, 6.45) is 2.89. The van der Waals surface area contributed by atoms with Crippen molar-refractivity contribution in [1.82, 2.24) is 0 Å². The van der Waals surface area contributed by atoms with Crippen LogP contribution in [-0.2, 0) is 14.4 Å². The molecule has 1 aromatic carbocycles. The van der Waals surface area contributed by atoms with Crippen LogP contribution in [0.1, 0.15) is 44.6 Å². The Labute approximate surface area is 119 Å². The van der Waals surface area contributed by atoms with Crippen molar-refractivity contribution in [2.45, 2.75) is 46.0 Å². The van der Waals surface area contributed by atoms with Crippen LogP contribution in [0.3, 0.4) is 0 Å². The van der Waals surface area contributed by atoms with Gasteiger partial charge in [-0.2, -0.15) is 0 Å². The number of aryl methyl sites for hydroxylation is 1. The quantitative estimate of drug-likeness (QED) is 0.586. The molecule has 20 heavy (non-hydrogen) atoms. The van der Waals surface area contributed by atoms with Crippen LogP contribution in [0.2, 0.25) is 0 Å². The van der Waals surface area contributed by atoms with E-state index >= 15 is 0 Å². The van der Waals surface area contributed by atoms with Gasteiger partial charge < -0.3 is 5.32 Å². The Morgan fingerprint density at radius 1 is 0.950 bits per heavy atom. The van der Waals surface area contributed by atoms with Gasteiger partial charge >= 0.3 is 0 Å². The first-order valence-corrected chi connectivity index (χ1v) is 6.89. The molecule has 0 saturated heterocycles. The molecule has 1 aromatic rings. The van der Waals surface area contributed by atoms with Crippen LogP contribution in [0.25, 0.3) is 0 Å². The lowest BCUT2D eigenvalue weighted by molar-refractivity contribution is -0.135. The predicted octanol–water partition coefficient (Wildman–Crippen LogP) is 3.04. The van der Waals surface area contributed by atoms with Crippen molar-refractivity contribution >= 4 is 23.2 Å². The fraction of sp³-hybridized carbons (Fsp3) is 0.438. The molecular formula is C16H21NO3. The molecule has 0 saturated carbocycles. The van der Waals surface area contributed by atoms with E-state index in [0.29, 0.717) is 12.8 Å². The molecule has 0 radical (unpaired) electrons. The topological polar surface area (TPSA) is 63.2 Å². The van der Waals surface area contributed by atoms with Crippen LogP contribution in [0.4, 0.5) is 5.69 Å². The summed E-state index contributed by atoms with van der Waals surface area (Å²) in [5.74, 6) is -0.733. The van der Waals surface area contributed by atoms with E-state index in [-0.39, 0.29) is 23.9 Å². The molecule has 0 bridgehead atoms. The van der Waals surface area contributed by atoms with E-state index < -0.39 is 0 Å². The van der Waals surface area contributed by atoms with E-state index in [2.05, 4.69) is 5.32 Å². The van der Waals surface area contributed by atoms with Crippen LogP contribution in [0.5, 0.6) is 0 Å². The standard InChI is InChI=1S/C16H21NO3/c1-12-8-10-14(11-9-12)17-16(20)7-5-3-4-6-15(19)13(2)18/h8-11H,3-7H2,1-2H3,(H,17,20). The summed E-state index contributed by atoms with van der Waals surface area (Å²) >= 11 is 0. The van der Waals surface area contributed by atoms with Gasteiger partial charge in [0.15, 0.2) is 11.6 Å². The maximum atomic E-state index is 11.7. The van der Waals surface area contributed by atoms with Gasteiger partial charge in [-0.1, -0.05) is 24.1 Å². The molecule has 1 N–H and O–H groups in total. The van der Waals surface area contributed by atoms with Crippen molar-refractivity contribution in [2.75, 3.05) is 5.32 Å². The molecule has 0 aliphatic rings. The first-order valence-electron chi connectivity index (χ1n) is 6.89. The van der Waals surface area contributed by atoms with Crippen molar-refractivity contribution < 1.29 is 14.4 Å². The number of nitrogens with one attached hydrogen (secondary N) is 1. The zero-order valence-corrected chi connectivity index (χ0v) is 12.1. The van der Waals surface area contributed by atoms with Gasteiger partial charge in [-0.25, -0.2) is 0 Å². The van der Waals surface area contributed by atoms with Gasteiger partial charge in [-0.15, -0.1) is 0 Å². The number of ketones is 2. The number of Topliss-reactive ketones (excluding diaryl/α,β-unsaturated/α-hetero) is 2. The summed E-state index contributed by atoms with van der Waals surface area (Å²) in [5, 5.41) is 2.83. The summed E-state index contributed by atoms with van der Waals surface area (Å²) < 4.78 is 0. The monoisotopic (exact) mass is 275 g/mol. The molecule has 4 heteroatoms. The lowest BCUT2D eigenvalue weighted by Crippen LogP contribution is -2.11. The summed E-state index contributed by atoms with van der Waals surface area (Å²) in [6, 6.07) is 7.64. The number of rotatable bonds is 8. The highest BCUT2D eigenvalue weighted by molar-refractivity contribution is 6.36. The van der Waals surface area contributed by atoms with E-state index in [1.807, 2.05) is 31.2 Å². The molecule has 0 unspecified atom stereocenters. The first kappa shape index (κ1) is 16.1. The van der Waals surface area contributed by atoms with Crippen molar-refractivity contribution in [2.24, 2.45) is 0 Å². The van der Waals surface area contributed by atoms with Crippen LogP contribution >= 0.6 is 0 Å². The van der Waals surface area contributed by atoms with E-state index in [9.17, 15) is 14.4 Å². The van der Waals surface area contributed by atoms with E-state index in [1.54, 1.807) is 0 Å². The number of hydrogen-bond acceptors (Lipinski definition) is 3. The Bertz CT molecular complexity index is 477. The minimum absolute atomic E-state index is 0.0215. The molecule has 0 atom stereocenters. The predicted molar refractivity (Wildman–Crippen MR) is 78.6 cm³/mol. The highest BCUT2D eigenvalue weighted by atomic mass is 16.2. The summed E-state index contributed by atoms with van der Waals surface area (Å²) in [5.41, 5.74) is 1.95. The van der Waals surface area contributed by atoms with Gasteiger partial charge in [0.25, 0.3) is 0 Å². The average Bonchev–Trinajstić information content (AvgIpc) is 2.40. The second kappa shape index (κ2) is 8.25. The Morgan fingerprint density at radius 2 is 1.55 bits per heavy atom. The van der Waals surface area contributed by atoms with Crippen LogP contribution in [0, 0.1) is 6.92 Å². The smallest absolute Gasteiger partial charge is 0.224 e. The second-order valence-electron chi connectivity index (χ2n) is 4.95. The maximum Gasteiger partial charge on any atom is 0.224 e. The minimum atomic E-state index is -0.387. The molecule has 0 fully saturated rings. The van der Waals surface area contributed by atoms with Gasteiger partial charge in [0.2, 0.25) is 5.91 Å². The van der Waals surface area contributed by atoms with Gasteiger partial charge in [0, 0.05) is 25.5 Å². The van der Waals surface area contributed by atoms with Crippen molar-refractivity contribution in [1.29, 1.82) is 0 Å². The number of hydrogen-bond donors (Lipinski definition) is 1. The highest BCUT2D eigenvalue weighted by Gasteiger charge is 2.07. The zero-order chi connectivity index (χ0) is 15.0. The lowest BCUT2D eigenvalue weighted by atomic mass is 10.1. The van der Waals surface area contributed by atoms with E-state index in [0.717, 1.165) is 24.1 Å². The van der Waals surface area contributed by atoms with Crippen molar-refractivity contribution in [3.63, 3.8) is 0 Å². The molecule has 0 aromatic heterocycles. The average molecular weight is 275 g/mol. The normalized spacial score (nSPS) is 10.1. The molecule has 0 spiro atoms. The molecule has 0 aliphatic carbocycles. The van der Waals surface area contributed by atoms with E-state index in [1.165, 1.54) is 6.92 Å². The summed E-state index contributed by atoms with van der Waals surface area (Å²) in [7, 11) is 0. The number of carbonyl (C=O) groups excluding carboxylic acids is 3. The number of carbonyl (C=O) groups is 3. The van der Waals surface area contributed by atoms with Crippen LogP contribution in [0.15, 0.2) is 24.3 Å². The van der Waals surface area contributed by atoms with Gasteiger partial charge in [0.05, 0.1) is 0 Å². The molecule has 4 nitrogen and oxygen atoms in total. The third-order valence-corrected chi connectivity index (χ3v) is 3.04. The fourth-order valence-corrected chi connectivity index (χ4v) is 1.78. The Hall–Kier alpha value is -1.97. The Kier molecular flexibility index (Phi) is 6.64. The summed E-state index contributed by atoms with van der Waals surface area (Å²) in [4.78, 5) is 33.5. The highest BCUT2D eigenvalue weighted by Crippen LogP contribution is 2.10. The largest absolute Gasteiger partial charge is 0.326 e. The molecule has 108 valence electrons. The molecule has 0 heterocycles. The first-order chi connectivity index (χ1) is 9.49. The van der Waals surface area contributed by atoms with Gasteiger partial charge in [-0.3, -0.25) is 14.4 Å².